The minimum atomic E-state index is 0.00315. The minimum Gasteiger partial charge on any atom is -0.397 e. The lowest BCUT2D eigenvalue weighted by Crippen LogP contribution is -2.38. The third-order valence-electron chi connectivity index (χ3n) is 2.43. The Morgan fingerprint density at radius 1 is 1.47 bits per heavy atom. The Morgan fingerprint density at radius 2 is 2.12 bits per heavy atom. The van der Waals surface area contributed by atoms with E-state index in [4.69, 9.17) is 5.73 Å². The highest BCUT2D eigenvalue weighted by Gasteiger charge is 2.10. The number of nitrogen functional groups attached to an aromatic ring is 1. The third-order valence-corrected chi connectivity index (χ3v) is 2.43. The predicted octanol–water partition coefficient (Wildman–Crippen LogP) is 1.54. The maximum absolute atomic E-state index is 11.6. The standard InChI is InChI=1S/C13H21N3O/c1-9(2)15-13(17)8-16(4)12-7-10(3)5-6-11(12)14/h5-7,9H,8,14H2,1-4H3,(H,15,17). The normalized spacial score (nSPS) is 10.4. The first-order chi connectivity index (χ1) is 7.90. The molecule has 4 nitrogen and oxygen atoms in total. The topological polar surface area (TPSA) is 58.4 Å². The fourth-order valence-electron chi connectivity index (χ4n) is 1.65. The molecule has 0 atom stereocenters. The third kappa shape index (κ3) is 3.98. The molecule has 1 aromatic carbocycles. The number of benzene rings is 1. The van der Waals surface area contributed by atoms with Crippen molar-refractivity contribution in [3.63, 3.8) is 0 Å². The van der Waals surface area contributed by atoms with Crippen molar-refractivity contribution >= 4 is 17.3 Å². The van der Waals surface area contributed by atoms with Crippen LogP contribution in [0.15, 0.2) is 18.2 Å². The Labute approximate surface area is 103 Å². The monoisotopic (exact) mass is 235 g/mol. The van der Waals surface area contributed by atoms with Gasteiger partial charge >= 0.3 is 0 Å². The van der Waals surface area contributed by atoms with Gasteiger partial charge in [0.15, 0.2) is 0 Å². The number of anilines is 2. The van der Waals surface area contributed by atoms with Crippen LogP contribution in [0.5, 0.6) is 0 Å². The Bertz CT molecular complexity index is 402. The van der Waals surface area contributed by atoms with Crippen molar-refractivity contribution in [1.29, 1.82) is 0 Å². The van der Waals surface area contributed by atoms with Crippen molar-refractivity contribution in [2.75, 3.05) is 24.2 Å². The van der Waals surface area contributed by atoms with Gasteiger partial charge in [0.05, 0.1) is 17.9 Å². The molecule has 1 rings (SSSR count). The summed E-state index contributed by atoms with van der Waals surface area (Å²) in [4.78, 5) is 13.5. The molecule has 3 N–H and O–H groups in total. The first-order valence-electron chi connectivity index (χ1n) is 5.76. The van der Waals surface area contributed by atoms with E-state index in [0.29, 0.717) is 12.2 Å². The van der Waals surface area contributed by atoms with E-state index < -0.39 is 0 Å². The van der Waals surface area contributed by atoms with Crippen LogP contribution in [0.4, 0.5) is 11.4 Å². The molecule has 4 heteroatoms. The number of amides is 1. The van der Waals surface area contributed by atoms with E-state index in [2.05, 4.69) is 5.32 Å². The summed E-state index contributed by atoms with van der Waals surface area (Å²) in [5, 5.41) is 2.86. The van der Waals surface area contributed by atoms with Gasteiger partial charge in [-0.3, -0.25) is 4.79 Å². The number of carbonyl (C=O) groups excluding carboxylic acids is 1. The highest BCUT2D eigenvalue weighted by Crippen LogP contribution is 2.22. The Morgan fingerprint density at radius 3 is 2.71 bits per heavy atom. The number of carbonyl (C=O) groups is 1. The largest absolute Gasteiger partial charge is 0.397 e. The van der Waals surface area contributed by atoms with E-state index in [1.54, 1.807) is 0 Å². The van der Waals surface area contributed by atoms with Crippen LogP contribution in [0.1, 0.15) is 19.4 Å². The summed E-state index contributed by atoms with van der Waals surface area (Å²) in [6, 6.07) is 5.96. The van der Waals surface area contributed by atoms with Crippen LogP contribution in [-0.4, -0.2) is 25.5 Å². The summed E-state index contributed by atoms with van der Waals surface area (Å²) in [5.74, 6) is 0.00315. The number of hydrogen-bond acceptors (Lipinski definition) is 3. The minimum absolute atomic E-state index is 0.00315. The molecule has 0 spiro atoms. The second-order valence-corrected chi connectivity index (χ2v) is 4.64. The Balaban J connectivity index is 2.72. The van der Waals surface area contributed by atoms with Gasteiger partial charge in [-0.25, -0.2) is 0 Å². The van der Waals surface area contributed by atoms with Crippen LogP contribution in [0, 0.1) is 6.92 Å². The van der Waals surface area contributed by atoms with E-state index in [1.807, 2.05) is 50.9 Å². The molecule has 0 bridgehead atoms. The van der Waals surface area contributed by atoms with Crippen molar-refractivity contribution in [2.45, 2.75) is 26.8 Å². The average molecular weight is 235 g/mol. The van der Waals surface area contributed by atoms with E-state index in [1.165, 1.54) is 0 Å². The Hall–Kier alpha value is -1.71. The molecule has 0 heterocycles. The summed E-state index contributed by atoms with van der Waals surface area (Å²) < 4.78 is 0. The molecule has 1 aromatic rings. The first kappa shape index (κ1) is 13.4. The van der Waals surface area contributed by atoms with Crippen molar-refractivity contribution < 1.29 is 4.79 Å². The zero-order valence-electron chi connectivity index (χ0n) is 10.9. The maximum Gasteiger partial charge on any atom is 0.239 e. The van der Waals surface area contributed by atoms with Gasteiger partial charge < -0.3 is 16.0 Å². The zero-order valence-corrected chi connectivity index (χ0v) is 10.9. The summed E-state index contributed by atoms with van der Waals surface area (Å²) >= 11 is 0. The number of rotatable bonds is 4. The molecule has 0 aliphatic carbocycles. The predicted molar refractivity (Wildman–Crippen MR) is 72.1 cm³/mol. The first-order valence-corrected chi connectivity index (χ1v) is 5.76. The molecule has 0 fully saturated rings. The zero-order chi connectivity index (χ0) is 13.0. The number of nitrogens with two attached hydrogens (primary N) is 1. The highest BCUT2D eigenvalue weighted by molar-refractivity contribution is 5.83. The van der Waals surface area contributed by atoms with Gasteiger partial charge in [-0.15, -0.1) is 0 Å². The number of nitrogens with one attached hydrogen (secondary N) is 1. The van der Waals surface area contributed by atoms with Crippen LogP contribution in [0.25, 0.3) is 0 Å². The summed E-state index contributed by atoms with van der Waals surface area (Å²) in [7, 11) is 1.87. The Kier molecular flexibility index (Phi) is 4.37. The molecule has 1 amide bonds. The van der Waals surface area contributed by atoms with Gasteiger partial charge in [-0.2, -0.15) is 0 Å². The summed E-state index contributed by atoms with van der Waals surface area (Å²) in [5.41, 5.74) is 8.61. The van der Waals surface area contributed by atoms with Crippen LogP contribution in [0.2, 0.25) is 0 Å². The van der Waals surface area contributed by atoms with Crippen molar-refractivity contribution in [1.82, 2.24) is 5.32 Å². The van der Waals surface area contributed by atoms with Crippen LogP contribution >= 0.6 is 0 Å². The molecule has 94 valence electrons. The van der Waals surface area contributed by atoms with Crippen LogP contribution in [0.3, 0.4) is 0 Å². The molecule has 0 radical (unpaired) electrons. The van der Waals surface area contributed by atoms with E-state index >= 15 is 0 Å². The van der Waals surface area contributed by atoms with Gasteiger partial charge in [0, 0.05) is 13.1 Å². The number of nitrogens with zero attached hydrogens (tertiary/aromatic N) is 1. The molecule has 0 unspecified atom stereocenters. The highest BCUT2D eigenvalue weighted by atomic mass is 16.2. The van der Waals surface area contributed by atoms with Crippen molar-refractivity contribution in [2.24, 2.45) is 0 Å². The van der Waals surface area contributed by atoms with Crippen LogP contribution < -0.4 is 16.0 Å². The fraction of sp³-hybridized carbons (Fsp3) is 0.462. The molecule has 0 saturated heterocycles. The van der Waals surface area contributed by atoms with Gasteiger partial charge in [0.25, 0.3) is 0 Å². The lowest BCUT2D eigenvalue weighted by Gasteiger charge is -2.21. The average Bonchev–Trinajstić information content (AvgIpc) is 2.20. The molecule has 0 saturated carbocycles. The van der Waals surface area contributed by atoms with Gasteiger partial charge in [0.2, 0.25) is 5.91 Å². The van der Waals surface area contributed by atoms with Crippen molar-refractivity contribution in [3.05, 3.63) is 23.8 Å². The van der Waals surface area contributed by atoms with E-state index in [9.17, 15) is 4.79 Å². The SMILES string of the molecule is Cc1ccc(N)c(N(C)CC(=O)NC(C)C)c1. The van der Waals surface area contributed by atoms with Gasteiger partial charge in [-0.1, -0.05) is 6.07 Å². The summed E-state index contributed by atoms with van der Waals surface area (Å²) in [6.45, 7) is 6.20. The van der Waals surface area contributed by atoms with E-state index in [-0.39, 0.29) is 11.9 Å². The number of aryl methyl sites for hydroxylation is 1. The summed E-state index contributed by atoms with van der Waals surface area (Å²) in [6.07, 6.45) is 0. The van der Waals surface area contributed by atoms with Gasteiger partial charge in [0.1, 0.15) is 0 Å². The molecule has 0 aliphatic rings. The number of likely N-dealkylation sites (N-methyl/N-ethyl adjacent to an activating group) is 1. The van der Waals surface area contributed by atoms with Crippen LogP contribution in [-0.2, 0) is 4.79 Å². The lowest BCUT2D eigenvalue weighted by molar-refractivity contribution is -0.120. The smallest absolute Gasteiger partial charge is 0.239 e. The molecular weight excluding hydrogens is 214 g/mol. The molecule has 17 heavy (non-hydrogen) atoms. The maximum atomic E-state index is 11.6. The molecule has 0 aliphatic heterocycles. The second kappa shape index (κ2) is 5.57. The lowest BCUT2D eigenvalue weighted by atomic mass is 10.2. The quantitative estimate of drug-likeness (QED) is 0.778. The molecular formula is C13H21N3O. The van der Waals surface area contributed by atoms with Crippen molar-refractivity contribution in [3.8, 4) is 0 Å². The van der Waals surface area contributed by atoms with E-state index in [0.717, 1.165) is 11.3 Å². The molecule has 0 aromatic heterocycles. The van der Waals surface area contributed by atoms with Gasteiger partial charge in [-0.05, 0) is 38.5 Å². The second-order valence-electron chi connectivity index (χ2n) is 4.64. The number of hydrogen-bond donors (Lipinski definition) is 2. The fourth-order valence-corrected chi connectivity index (χ4v) is 1.65.